The Morgan fingerprint density at radius 2 is 1.56 bits per heavy atom. The number of ether oxygens (including phenoxy) is 2. The van der Waals surface area contributed by atoms with Crippen molar-refractivity contribution < 1.29 is 19.4 Å². The number of aryl methyl sites for hydroxylation is 1. The summed E-state index contributed by atoms with van der Waals surface area (Å²) in [6.07, 6.45) is 7.22. The number of aliphatic carboxylic acids is 1. The smallest absolute Gasteiger partial charge is 0.306 e. The second kappa shape index (κ2) is 14.3. The Morgan fingerprint density at radius 1 is 0.882 bits per heavy atom. The molecule has 0 aliphatic carbocycles. The number of methoxy groups -OCH3 is 1. The molecule has 2 aromatic carbocycles. The lowest BCUT2D eigenvalue weighted by molar-refractivity contribution is -0.142. The van der Waals surface area contributed by atoms with E-state index in [1.165, 1.54) is 0 Å². The number of hydrogen-bond donors (Lipinski definition) is 1. The molecular formula is C28H36N2O4. The van der Waals surface area contributed by atoms with Crippen molar-refractivity contribution in [3.63, 3.8) is 0 Å². The number of hydrogen-bond acceptors (Lipinski definition) is 4. The molecule has 1 heterocycles. The summed E-state index contributed by atoms with van der Waals surface area (Å²) in [7, 11) is 1.63. The zero-order valence-electron chi connectivity index (χ0n) is 20.1. The Kier molecular flexibility index (Phi) is 10.8. The van der Waals surface area contributed by atoms with E-state index in [9.17, 15) is 9.90 Å². The fourth-order valence-electron chi connectivity index (χ4n) is 4.15. The number of carboxylic acid groups (broad SMARTS) is 1. The SMILES string of the molecule is COCCOCCC(CCCCCCn1cnc(-c2ccccc2)c1-c1ccccc1)C(=O)O. The lowest BCUT2D eigenvalue weighted by atomic mass is 9.98. The number of unbranched alkanes of at least 4 members (excludes halogenated alkanes) is 3. The van der Waals surface area contributed by atoms with E-state index in [2.05, 4.69) is 41.0 Å². The van der Waals surface area contributed by atoms with E-state index in [-0.39, 0.29) is 5.92 Å². The van der Waals surface area contributed by atoms with E-state index in [1.54, 1.807) is 7.11 Å². The van der Waals surface area contributed by atoms with Gasteiger partial charge in [0.2, 0.25) is 0 Å². The van der Waals surface area contributed by atoms with Gasteiger partial charge in [-0.2, -0.15) is 0 Å². The number of carbonyl (C=O) groups is 1. The summed E-state index contributed by atoms with van der Waals surface area (Å²) in [4.78, 5) is 16.3. The van der Waals surface area contributed by atoms with Gasteiger partial charge in [-0.15, -0.1) is 0 Å². The van der Waals surface area contributed by atoms with E-state index in [0.29, 0.717) is 32.7 Å². The molecule has 0 amide bonds. The number of carboxylic acids is 1. The topological polar surface area (TPSA) is 73.6 Å². The lowest BCUT2D eigenvalue weighted by Crippen LogP contribution is -2.17. The molecule has 1 N–H and O–H groups in total. The van der Waals surface area contributed by atoms with Gasteiger partial charge in [0.05, 0.1) is 36.8 Å². The predicted molar refractivity (Wildman–Crippen MR) is 135 cm³/mol. The maximum atomic E-state index is 11.5. The third-order valence-electron chi connectivity index (χ3n) is 6.03. The number of nitrogens with zero attached hydrogens (tertiary/aromatic N) is 2. The fourth-order valence-corrected chi connectivity index (χ4v) is 4.15. The van der Waals surface area contributed by atoms with Crippen LogP contribution in [0.15, 0.2) is 67.0 Å². The first-order valence-corrected chi connectivity index (χ1v) is 12.2. The summed E-state index contributed by atoms with van der Waals surface area (Å²) < 4.78 is 12.6. The summed E-state index contributed by atoms with van der Waals surface area (Å²) in [5.74, 6) is -1.07. The summed E-state index contributed by atoms with van der Waals surface area (Å²) >= 11 is 0. The van der Waals surface area contributed by atoms with Gasteiger partial charge in [0.25, 0.3) is 0 Å². The highest BCUT2D eigenvalue weighted by Gasteiger charge is 2.17. The van der Waals surface area contributed by atoms with Crippen LogP contribution >= 0.6 is 0 Å². The van der Waals surface area contributed by atoms with Gasteiger partial charge >= 0.3 is 5.97 Å². The minimum absolute atomic E-state index is 0.339. The monoisotopic (exact) mass is 464 g/mol. The van der Waals surface area contributed by atoms with Gasteiger partial charge in [0, 0.05) is 31.4 Å². The zero-order chi connectivity index (χ0) is 24.0. The zero-order valence-corrected chi connectivity index (χ0v) is 20.1. The molecule has 0 radical (unpaired) electrons. The molecule has 1 aromatic heterocycles. The van der Waals surface area contributed by atoms with E-state index >= 15 is 0 Å². The normalized spacial score (nSPS) is 12.0. The Bertz CT molecular complexity index is 973. The van der Waals surface area contributed by atoms with Crippen LogP contribution in [0.4, 0.5) is 0 Å². The van der Waals surface area contributed by atoms with Crippen molar-refractivity contribution in [1.29, 1.82) is 0 Å². The van der Waals surface area contributed by atoms with E-state index in [1.807, 2.05) is 30.6 Å². The summed E-state index contributed by atoms with van der Waals surface area (Å²) in [5.41, 5.74) is 4.43. The van der Waals surface area contributed by atoms with Crippen LogP contribution < -0.4 is 0 Å². The molecule has 1 atom stereocenters. The van der Waals surface area contributed by atoms with Crippen LogP contribution in [0.3, 0.4) is 0 Å². The minimum atomic E-state index is -0.727. The third-order valence-corrected chi connectivity index (χ3v) is 6.03. The molecule has 182 valence electrons. The molecule has 34 heavy (non-hydrogen) atoms. The molecule has 3 aromatic rings. The number of imidazole rings is 1. The molecule has 0 aliphatic heterocycles. The minimum Gasteiger partial charge on any atom is -0.481 e. The highest BCUT2D eigenvalue weighted by Crippen LogP contribution is 2.31. The summed E-state index contributed by atoms with van der Waals surface area (Å²) in [5, 5.41) is 9.47. The second-order valence-electron chi connectivity index (χ2n) is 8.50. The molecule has 6 heteroatoms. The Balaban J connectivity index is 1.49. The van der Waals surface area contributed by atoms with Crippen LogP contribution in [0.5, 0.6) is 0 Å². The fraction of sp³-hybridized carbons (Fsp3) is 0.429. The number of aromatic nitrogens is 2. The highest BCUT2D eigenvalue weighted by molar-refractivity contribution is 5.78. The van der Waals surface area contributed by atoms with Crippen LogP contribution in [0.25, 0.3) is 22.5 Å². The van der Waals surface area contributed by atoms with Crippen molar-refractivity contribution >= 4 is 5.97 Å². The first-order chi connectivity index (χ1) is 16.7. The summed E-state index contributed by atoms with van der Waals surface area (Å²) in [6, 6.07) is 20.7. The largest absolute Gasteiger partial charge is 0.481 e. The molecule has 0 saturated heterocycles. The predicted octanol–water partition coefficient (Wildman–Crippen LogP) is 5.92. The standard InChI is InChI=1S/C28H36N2O4/c1-33-20-21-34-19-17-25(28(31)32)16-6-2-3-11-18-30-22-29-26(23-12-7-4-8-13-23)27(30)24-14-9-5-10-15-24/h4-5,7-10,12-15,22,25H,2-3,6,11,16-21H2,1H3,(H,31,32). The van der Waals surface area contributed by atoms with Crippen molar-refractivity contribution in [2.24, 2.45) is 5.92 Å². The van der Waals surface area contributed by atoms with Gasteiger partial charge in [0.15, 0.2) is 0 Å². The van der Waals surface area contributed by atoms with Gasteiger partial charge in [-0.3, -0.25) is 4.79 Å². The highest BCUT2D eigenvalue weighted by atomic mass is 16.5. The molecule has 0 aliphatic rings. The van der Waals surface area contributed by atoms with Crippen LogP contribution in [0.1, 0.15) is 38.5 Å². The van der Waals surface area contributed by atoms with E-state index in [0.717, 1.165) is 54.7 Å². The van der Waals surface area contributed by atoms with Gasteiger partial charge in [-0.05, 0) is 19.3 Å². The Hall–Kier alpha value is -2.96. The molecule has 6 nitrogen and oxygen atoms in total. The Morgan fingerprint density at radius 3 is 2.24 bits per heavy atom. The van der Waals surface area contributed by atoms with Crippen molar-refractivity contribution in [2.75, 3.05) is 26.9 Å². The van der Waals surface area contributed by atoms with Crippen LogP contribution in [-0.2, 0) is 20.8 Å². The molecule has 0 spiro atoms. The maximum Gasteiger partial charge on any atom is 0.306 e. The van der Waals surface area contributed by atoms with E-state index in [4.69, 9.17) is 14.5 Å². The average molecular weight is 465 g/mol. The van der Waals surface area contributed by atoms with Gasteiger partial charge in [-0.25, -0.2) is 4.98 Å². The van der Waals surface area contributed by atoms with Gasteiger partial charge < -0.3 is 19.1 Å². The quantitative estimate of drug-likeness (QED) is 0.266. The van der Waals surface area contributed by atoms with Gasteiger partial charge in [-0.1, -0.05) is 79.9 Å². The first-order valence-electron chi connectivity index (χ1n) is 12.2. The van der Waals surface area contributed by atoms with Crippen LogP contribution in [0.2, 0.25) is 0 Å². The van der Waals surface area contributed by atoms with Crippen LogP contribution in [0, 0.1) is 5.92 Å². The Labute approximate surface area is 202 Å². The first kappa shape index (κ1) is 25.7. The number of rotatable bonds is 16. The molecule has 0 bridgehead atoms. The summed E-state index contributed by atoms with van der Waals surface area (Å²) in [6.45, 7) is 2.40. The van der Waals surface area contributed by atoms with E-state index < -0.39 is 5.97 Å². The van der Waals surface area contributed by atoms with Gasteiger partial charge in [0.1, 0.15) is 0 Å². The maximum absolute atomic E-state index is 11.5. The van der Waals surface area contributed by atoms with Crippen molar-refractivity contribution in [2.45, 2.75) is 45.1 Å². The van der Waals surface area contributed by atoms with Crippen molar-refractivity contribution in [1.82, 2.24) is 9.55 Å². The van der Waals surface area contributed by atoms with Crippen molar-refractivity contribution in [3.8, 4) is 22.5 Å². The average Bonchev–Trinajstić information content (AvgIpc) is 3.29. The second-order valence-corrected chi connectivity index (χ2v) is 8.50. The van der Waals surface area contributed by atoms with Crippen molar-refractivity contribution in [3.05, 3.63) is 67.0 Å². The molecular weight excluding hydrogens is 428 g/mol. The van der Waals surface area contributed by atoms with Crippen LogP contribution in [-0.4, -0.2) is 47.6 Å². The molecule has 0 saturated carbocycles. The lowest BCUT2D eigenvalue weighted by Gasteiger charge is -2.13. The molecule has 1 unspecified atom stereocenters. The number of benzene rings is 2. The molecule has 0 fully saturated rings. The molecule has 3 rings (SSSR count). The third kappa shape index (κ3) is 7.82.